The fraction of sp³-hybridized carbons (Fsp3) is 0.583. The zero-order valence-corrected chi connectivity index (χ0v) is 9.52. The zero-order chi connectivity index (χ0) is 11.2. The minimum atomic E-state index is 0.0660. The molecule has 1 saturated carbocycles. The Bertz CT molecular complexity index is 397. The summed E-state index contributed by atoms with van der Waals surface area (Å²) in [5.41, 5.74) is 7.54. The van der Waals surface area contributed by atoms with Gasteiger partial charge >= 0.3 is 0 Å². The van der Waals surface area contributed by atoms with Gasteiger partial charge in [0.1, 0.15) is 0 Å². The number of ether oxygens (including phenoxy) is 1. The summed E-state index contributed by atoms with van der Waals surface area (Å²) < 4.78 is 5.12. The molecule has 0 radical (unpaired) electrons. The first-order chi connectivity index (χ1) is 7.71. The maximum atomic E-state index is 6.32. The number of nitrogens with two attached hydrogens (primary N) is 1. The largest absolute Gasteiger partial charge is 0.481 e. The lowest BCUT2D eigenvalue weighted by Gasteiger charge is -2.49. The van der Waals surface area contributed by atoms with Crippen LogP contribution in [0.3, 0.4) is 0 Å². The van der Waals surface area contributed by atoms with E-state index in [4.69, 9.17) is 10.5 Å². The standard InChI is InChI=1S/C12H17N3O/c1-16-11-6-10(4-5-14-11)15-7-12(13,8-15)9-2-3-9/h4-6,9H,2-3,7-8,13H2,1H3. The van der Waals surface area contributed by atoms with Gasteiger partial charge in [0, 0.05) is 31.0 Å². The molecule has 0 unspecified atom stereocenters. The summed E-state index contributed by atoms with van der Waals surface area (Å²) >= 11 is 0. The fourth-order valence-corrected chi connectivity index (χ4v) is 2.47. The van der Waals surface area contributed by atoms with E-state index in [-0.39, 0.29) is 5.54 Å². The molecule has 1 aliphatic heterocycles. The van der Waals surface area contributed by atoms with Crippen molar-refractivity contribution in [1.82, 2.24) is 4.98 Å². The van der Waals surface area contributed by atoms with Crippen LogP contribution in [-0.4, -0.2) is 30.7 Å². The molecule has 2 N–H and O–H groups in total. The number of hydrogen-bond donors (Lipinski definition) is 1. The highest BCUT2D eigenvalue weighted by Gasteiger charge is 2.50. The van der Waals surface area contributed by atoms with Crippen LogP contribution in [0.15, 0.2) is 18.3 Å². The fourth-order valence-electron chi connectivity index (χ4n) is 2.47. The highest BCUT2D eigenvalue weighted by Crippen LogP contribution is 2.44. The average molecular weight is 219 g/mol. The second-order valence-corrected chi connectivity index (χ2v) is 4.92. The van der Waals surface area contributed by atoms with E-state index < -0.39 is 0 Å². The van der Waals surface area contributed by atoms with Gasteiger partial charge in [0.25, 0.3) is 0 Å². The smallest absolute Gasteiger partial charge is 0.214 e. The van der Waals surface area contributed by atoms with E-state index >= 15 is 0 Å². The zero-order valence-electron chi connectivity index (χ0n) is 9.52. The summed E-state index contributed by atoms with van der Waals surface area (Å²) in [4.78, 5) is 6.40. The molecule has 1 aromatic heterocycles. The minimum Gasteiger partial charge on any atom is -0.481 e. The van der Waals surface area contributed by atoms with E-state index in [0.29, 0.717) is 5.88 Å². The summed E-state index contributed by atoms with van der Waals surface area (Å²) in [6.07, 6.45) is 4.40. The van der Waals surface area contributed by atoms with E-state index in [0.717, 1.165) is 24.7 Å². The SMILES string of the molecule is COc1cc(N2CC(N)(C3CC3)C2)ccn1. The highest BCUT2D eigenvalue weighted by atomic mass is 16.5. The monoisotopic (exact) mass is 219 g/mol. The van der Waals surface area contributed by atoms with Crippen LogP contribution >= 0.6 is 0 Å². The number of aromatic nitrogens is 1. The molecule has 0 spiro atoms. The molecule has 86 valence electrons. The number of nitrogens with zero attached hydrogens (tertiary/aromatic N) is 2. The third-order valence-electron chi connectivity index (χ3n) is 3.65. The molecule has 2 heterocycles. The molecular formula is C12H17N3O. The van der Waals surface area contributed by atoms with Crippen molar-refractivity contribution in [2.75, 3.05) is 25.1 Å². The molecule has 0 bridgehead atoms. The molecule has 4 nitrogen and oxygen atoms in total. The molecule has 2 fully saturated rings. The highest BCUT2D eigenvalue weighted by molar-refractivity contribution is 5.52. The second kappa shape index (κ2) is 3.35. The number of hydrogen-bond acceptors (Lipinski definition) is 4. The van der Waals surface area contributed by atoms with Gasteiger partial charge in [0.15, 0.2) is 0 Å². The van der Waals surface area contributed by atoms with Crippen molar-refractivity contribution < 1.29 is 4.74 Å². The Labute approximate surface area is 95.4 Å². The van der Waals surface area contributed by atoms with Gasteiger partial charge < -0.3 is 15.4 Å². The van der Waals surface area contributed by atoms with Gasteiger partial charge in [-0.05, 0) is 24.8 Å². The van der Waals surface area contributed by atoms with Gasteiger partial charge in [0.2, 0.25) is 5.88 Å². The van der Waals surface area contributed by atoms with Crippen molar-refractivity contribution in [3.63, 3.8) is 0 Å². The predicted molar refractivity (Wildman–Crippen MR) is 62.6 cm³/mol. The molecule has 16 heavy (non-hydrogen) atoms. The van der Waals surface area contributed by atoms with Gasteiger partial charge in [-0.15, -0.1) is 0 Å². The van der Waals surface area contributed by atoms with E-state index in [1.54, 1.807) is 13.3 Å². The number of pyridine rings is 1. The normalized spacial score (nSPS) is 22.8. The van der Waals surface area contributed by atoms with Crippen LogP contribution in [-0.2, 0) is 0 Å². The Morgan fingerprint density at radius 1 is 1.50 bits per heavy atom. The summed E-state index contributed by atoms with van der Waals surface area (Å²) in [6.45, 7) is 1.93. The lowest BCUT2D eigenvalue weighted by atomic mass is 9.85. The van der Waals surface area contributed by atoms with Crippen LogP contribution in [0.5, 0.6) is 5.88 Å². The lowest BCUT2D eigenvalue weighted by molar-refractivity contribution is 0.290. The van der Waals surface area contributed by atoms with E-state index in [9.17, 15) is 0 Å². The molecule has 0 aromatic carbocycles. The van der Waals surface area contributed by atoms with Crippen LogP contribution in [0.1, 0.15) is 12.8 Å². The van der Waals surface area contributed by atoms with Crippen LogP contribution in [0, 0.1) is 5.92 Å². The predicted octanol–water partition coefficient (Wildman–Crippen LogP) is 1.02. The molecule has 3 rings (SSSR count). The molecule has 4 heteroatoms. The third-order valence-corrected chi connectivity index (χ3v) is 3.65. The molecule has 1 aliphatic carbocycles. The first kappa shape index (κ1) is 9.90. The van der Waals surface area contributed by atoms with E-state index in [1.165, 1.54) is 12.8 Å². The molecule has 1 aromatic rings. The van der Waals surface area contributed by atoms with Crippen LogP contribution < -0.4 is 15.4 Å². The first-order valence-corrected chi connectivity index (χ1v) is 5.75. The molecule has 0 amide bonds. The van der Waals surface area contributed by atoms with Gasteiger partial charge in [-0.3, -0.25) is 0 Å². The van der Waals surface area contributed by atoms with Gasteiger partial charge in [-0.25, -0.2) is 4.98 Å². The van der Waals surface area contributed by atoms with Gasteiger partial charge in [0.05, 0.1) is 12.6 Å². The first-order valence-electron chi connectivity index (χ1n) is 5.75. The van der Waals surface area contributed by atoms with Gasteiger partial charge in [-0.1, -0.05) is 0 Å². The number of methoxy groups -OCH3 is 1. The number of rotatable bonds is 3. The van der Waals surface area contributed by atoms with Crippen molar-refractivity contribution in [1.29, 1.82) is 0 Å². The minimum absolute atomic E-state index is 0.0660. The Kier molecular flexibility index (Phi) is 2.07. The topological polar surface area (TPSA) is 51.4 Å². The molecular weight excluding hydrogens is 202 g/mol. The molecule has 2 aliphatic rings. The number of anilines is 1. The maximum absolute atomic E-state index is 6.32. The van der Waals surface area contributed by atoms with Crippen molar-refractivity contribution in [2.45, 2.75) is 18.4 Å². The summed E-state index contributed by atoms with van der Waals surface area (Å²) in [6, 6.07) is 3.97. The van der Waals surface area contributed by atoms with Gasteiger partial charge in [-0.2, -0.15) is 0 Å². The van der Waals surface area contributed by atoms with Crippen LogP contribution in [0.4, 0.5) is 5.69 Å². The Balaban J connectivity index is 1.70. The van der Waals surface area contributed by atoms with Crippen LogP contribution in [0.2, 0.25) is 0 Å². The van der Waals surface area contributed by atoms with Crippen molar-refractivity contribution in [3.05, 3.63) is 18.3 Å². The Hall–Kier alpha value is -1.29. The van der Waals surface area contributed by atoms with E-state index in [1.807, 2.05) is 12.1 Å². The maximum Gasteiger partial charge on any atom is 0.214 e. The Morgan fingerprint density at radius 2 is 2.25 bits per heavy atom. The molecule has 0 atom stereocenters. The second-order valence-electron chi connectivity index (χ2n) is 4.92. The lowest BCUT2D eigenvalue weighted by Crippen LogP contribution is -2.69. The van der Waals surface area contributed by atoms with Crippen molar-refractivity contribution >= 4 is 5.69 Å². The summed E-state index contributed by atoms with van der Waals surface area (Å²) in [5.74, 6) is 1.42. The van der Waals surface area contributed by atoms with Crippen LogP contribution in [0.25, 0.3) is 0 Å². The third kappa shape index (κ3) is 1.53. The van der Waals surface area contributed by atoms with Crippen molar-refractivity contribution in [2.24, 2.45) is 11.7 Å². The quantitative estimate of drug-likeness (QED) is 0.824. The summed E-state index contributed by atoms with van der Waals surface area (Å²) in [7, 11) is 1.64. The van der Waals surface area contributed by atoms with Crippen molar-refractivity contribution in [3.8, 4) is 5.88 Å². The Morgan fingerprint density at radius 3 is 2.88 bits per heavy atom. The van der Waals surface area contributed by atoms with E-state index in [2.05, 4.69) is 9.88 Å². The average Bonchev–Trinajstić information content (AvgIpc) is 3.09. The summed E-state index contributed by atoms with van der Waals surface area (Å²) in [5, 5.41) is 0. The molecule has 1 saturated heterocycles.